The Kier molecular flexibility index (Phi) is 6.98. The molecular formula is C22H27N3O2S. The largest absolute Gasteiger partial charge is 0.336 e. The molecule has 1 fully saturated rings. The fourth-order valence-electron chi connectivity index (χ4n) is 3.19. The number of nitrogens with one attached hydrogen (secondary N) is 3. The average molecular weight is 398 g/mol. The number of carbonyl (C=O) groups excluding carboxylic acids is 2. The van der Waals surface area contributed by atoms with Gasteiger partial charge in [0.15, 0.2) is 0 Å². The van der Waals surface area contributed by atoms with Gasteiger partial charge in [-0.1, -0.05) is 18.9 Å². The van der Waals surface area contributed by atoms with Crippen LogP contribution in [0, 0.1) is 0 Å². The standard InChI is InChI=1S/C22H27N3O2S/c1-15(2)23-22(27)25-18-7-5-6-16(14-18)21(26)24-17-10-12-20(13-11-17)28-19-8-3-4-9-19/h5-7,10-15,19H,3-4,8-9H2,1-2H3,(H,24,26)(H2,23,25,27). The van der Waals surface area contributed by atoms with Crippen molar-refractivity contribution < 1.29 is 9.59 Å². The normalized spacial score (nSPS) is 14.1. The molecule has 5 nitrogen and oxygen atoms in total. The first-order valence-electron chi connectivity index (χ1n) is 9.75. The van der Waals surface area contributed by atoms with Gasteiger partial charge < -0.3 is 16.0 Å². The van der Waals surface area contributed by atoms with Gasteiger partial charge in [-0.15, -0.1) is 11.8 Å². The molecule has 0 atom stereocenters. The molecule has 2 aromatic carbocycles. The van der Waals surface area contributed by atoms with E-state index in [1.165, 1.54) is 30.6 Å². The van der Waals surface area contributed by atoms with Gasteiger partial charge >= 0.3 is 6.03 Å². The fourth-order valence-corrected chi connectivity index (χ4v) is 4.43. The number of rotatable bonds is 6. The molecule has 0 radical (unpaired) electrons. The zero-order chi connectivity index (χ0) is 19.9. The van der Waals surface area contributed by atoms with E-state index in [1.54, 1.807) is 24.3 Å². The van der Waals surface area contributed by atoms with Gasteiger partial charge in [-0.3, -0.25) is 4.79 Å². The van der Waals surface area contributed by atoms with Crippen LogP contribution in [0.3, 0.4) is 0 Å². The van der Waals surface area contributed by atoms with E-state index in [-0.39, 0.29) is 18.0 Å². The monoisotopic (exact) mass is 397 g/mol. The van der Waals surface area contributed by atoms with Crippen LogP contribution in [0.2, 0.25) is 0 Å². The SMILES string of the molecule is CC(C)NC(=O)Nc1cccc(C(=O)Nc2ccc(SC3CCCC3)cc2)c1. The first-order chi connectivity index (χ1) is 13.5. The highest BCUT2D eigenvalue weighted by atomic mass is 32.2. The van der Waals surface area contributed by atoms with Gasteiger partial charge in [-0.2, -0.15) is 0 Å². The van der Waals surface area contributed by atoms with E-state index in [1.807, 2.05) is 37.7 Å². The summed E-state index contributed by atoms with van der Waals surface area (Å²) in [5, 5.41) is 9.14. The molecule has 1 aliphatic rings. The van der Waals surface area contributed by atoms with Gasteiger partial charge in [-0.25, -0.2) is 4.79 Å². The number of thioether (sulfide) groups is 1. The zero-order valence-electron chi connectivity index (χ0n) is 16.3. The smallest absolute Gasteiger partial charge is 0.319 e. The quantitative estimate of drug-likeness (QED) is 0.602. The van der Waals surface area contributed by atoms with E-state index in [2.05, 4.69) is 28.1 Å². The summed E-state index contributed by atoms with van der Waals surface area (Å²) in [4.78, 5) is 25.6. The lowest BCUT2D eigenvalue weighted by atomic mass is 10.2. The number of urea groups is 1. The number of amides is 3. The number of benzene rings is 2. The Morgan fingerprint density at radius 1 is 0.964 bits per heavy atom. The lowest BCUT2D eigenvalue weighted by Gasteiger charge is -2.12. The lowest BCUT2D eigenvalue weighted by Crippen LogP contribution is -2.34. The summed E-state index contributed by atoms with van der Waals surface area (Å²) < 4.78 is 0. The molecule has 2 aromatic rings. The van der Waals surface area contributed by atoms with Crippen LogP contribution in [0.4, 0.5) is 16.2 Å². The van der Waals surface area contributed by atoms with Gasteiger partial charge in [0.25, 0.3) is 5.91 Å². The second-order valence-electron chi connectivity index (χ2n) is 7.34. The third-order valence-corrected chi connectivity index (χ3v) is 5.87. The maximum absolute atomic E-state index is 12.5. The van der Waals surface area contributed by atoms with Crippen LogP contribution in [-0.4, -0.2) is 23.2 Å². The van der Waals surface area contributed by atoms with Crippen LogP contribution >= 0.6 is 11.8 Å². The topological polar surface area (TPSA) is 70.2 Å². The number of hydrogen-bond acceptors (Lipinski definition) is 3. The third-order valence-electron chi connectivity index (χ3n) is 4.52. The summed E-state index contributed by atoms with van der Waals surface area (Å²) in [6.07, 6.45) is 5.25. The summed E-state index contributed by atoms with van der Waals surface area (Å²) in [7, 11) is 0. The van der Waals surface area contributed by atoms with E-state index < -0.39 is 0 Å². The molecule has 0 aliphatic heterocycles. The Labute approximate surface area is 170 Å². The molecule has 0 saturated heterocycles. The predicted octanol–water partition coefficient (Wildman–Crippen LogP) is 5.50. The van der Waals surface area contributed by atoms with Crippen LogP contribution in [0.1, 0.15) is 49.9 Å². The first kappa shape index (κ1) is 20.3. The minimum absolute atomic E-state index is 0.0429. The van der Waals surface area contributed by atoms with Crippen LogP contribution in [0.25, 0.3) is 0 Å². The molecule has 1 aliphatic carbocycles. The van der Waals surface area contributed by atoms with E-state index in [4.69, 9.17) is 0 Å². The van der Waals surface area contributed by atoms with Crippen molar-refractivity contribution in [3.8, 4) is 0 Å². The molecule has 148 valence electrons. The van der Waals surface area contributed by atoms with Gasteiger partial charge in [0, 0.05) is 33.1 Å². The van der Waals surface area contributed by atoms with Crippen molar-refractivity contribution in [2.24, 2.45) is 0 Å². The van der Waals surface area contributed by atoms with Gasteiger partial charge in [0.2, 0.25) is 0 Å². The predicted molar refractivity (Wildman–Crippen MR) is 116 cm³/mol. The molecule has 3 rings (SSSR count). The highest BCUT2D eigenvalue weighted by molar-refractivity contribution is 8.00. The van der Waals surface area contributed by atoms with Gasteiger partial charge in [0.05, 0.1) is 0 Å². The number of carbonyl (C=O) groups is 2. The zero-order valence-corrected chi connectivity index (χ0v) is 17.1. The average Bonchev–Trinajstić information content (AvgIpc) is 3.16. The minimum atomic E-state index is -0.289. The van der Waals surface area contributed by atoms with E-state index in [0.29, 0.717) is 11.3 Å². The molecule has 0 spiro atoms. The van der Waals surface area contributed by atoms with Gasteiger partial charge in [-0.05, 0) is 69.2 Å². The second-order valence-corrected chi connectivity index (χ2v) is 8.71. The highest BCUT2D eigenvalue weighted by Crippen LogP contribution is 2.35. The highest BCUT2D eigenvalue weighted by Gasteiger charge is 2.16. The maximum atomic E-state index is 12.5. The summed E-state index contributed by atoms with van der Waals surface area (Å²) in [6.45, 7) is 3.78. The molecule has 0 aromatic heterocycles. The molecule has 0 bridgehead atoms. The Morgan fingerprint density at radius 3 is 2.36 bits per heavy atom. The van der Waals surface area contributed by atoms with E-state index >= 15 is 0 Å². The van der Waals surface area contributed by atoms with Crippen LogP contribution < -0.4 is 16.0 Å². The van der Waals surface area contributed by atoms with Gasteiger partial charge in [0.1, 0.15) is 0 Å². The van der Waals surface area contributed by atoms with Crippen molar-refractivity contribution in [1.29, 1.82) is 0 Å². The van der Waals surface area contributed by atoms with Crippen molar-refractivity contribution in [1.82, 2.24) is 5.32 Å². The molecule has 28 heavy (non-hydrogen) atoms. The number of hydrogen-bond donors (Lipinski definition) is 3. The van der Waals surface area contributed by atoms with E-state index in [9.17, 15) is 9.59 Å². The lowest BCUT2D eigenvalue weighted by molar-refractivity contribution is 0.102. The molecule has 1 saturated carbocycles. The molecule has 3 N–H and O–H groups in total. The molecule has 6 heteroatoms. The minimum Gasteiger partial charge on any atom is -0.336 e. The van der Waals surface area contributed by atoms with Crippen LogP contribution in [-0.2, 0) is 0 Å². The van der Waals surface area contributed by atoms with Crippen molar-refractivity contribution in [3.63, 3.8) is 0 Å². The van der Waals surface area contributed by atoms with Crippen molar-refractivity contribution in [3.05, 3.63) is 54.1 Å². The molecule has 0 unspecified atom stereocenters. The number of anilines is 2. The summed E-state index contributed by atoms with van der Waals surface area (Å²) >= 11 is 1.93. The Hall–Kier alpha value is -2.47. The van der Waals surface area contributed by atoms with Crippen LogP contribution in [0.5, 0.6) is 0 Å². The maximum Gasteiger partial charge on any atom is 0.319 e. The summed E-state index contributed by atoms with van der Waals surface area (Å²) in [5.74, 6) is -0.205. The fraction of sp³-hybridized carbons (Fsp3) is 0.364. The Bertz CT molecular complexity index is 815. The van der Waals surface area contributed by atoms with E-state index in [0.717, 1.165) is 10.9 Å². The second kappa shape index (κ2) is 9.64. The van der Waals surface area contributed by atoms with Crippen molar-refractivity contribution in [2.45, 2.75) is 55.7 Å². The van der Waals surface area contributed by atoms with Crippen molar-refractivity contribution >= 4 is 35.1 Å². The Morgan fingerprint density at radius 2 is 1.68 bits per heavy atom. The van der Waals surface area contributed by atoms with Crippen molar-refractivity contribution in [2.75, 3.05) is 10.6 Å². The van der Waals surface area contributed by atoms with Crippen LogP contribution in [0.15, 0.2) is 53.4 Å². The summed E-state index contributed by atoms with van der Waals surface area (Å²) in [5.41, 5.74) is 1.83. The molecule has 0 heterocycles. The Balaban J connectivity index is 1.58. The molecular weight excluding hydrogens is 370 g/mol. The third kappa shape index (κ3) is 6.02. The molecule has 3 amide bonds. The first-order valence-corrected chi connectivity index (χ1v) is 10.6. The summed E-state index contributed by atoms with van der Waals surface area (Å²) in [6, 6.07) is 14.7.